The zero-order valence-corrected chi connectivity index (χ0v) is 14.5. The first-order valence-corrected chi connectivity index (χ1v) is 8.60. The van der Waals surface area contributed by atoms with Crippen molar-refractivity contribution in [3.05, 3.63) is 66.2 Å². The Morgan fingerprint density at radius 2 is 1.65 bits per heavy atom. The van der Waals surface area contributed by atoms with Gasteiger partial charge in [-0.2, -0.15) is 0 Å². The van der Waals surface area contributed by atoms with Crippen LogP contribution in [0.4, 0.5) is 0 Å². The molecule has 122 valence electrons. The SMILES string of the molecule is CN(C)CCOC(=O)C(Cc1ccccc1)Sc1ccccc1. The maximum absolute atomic E-state index is 12.5. The van der Waals surface area contributed by atoms with Crippen LogP contribution in [0.1, 0.15) is 5.56 Å². The van der Waals surface area contributed by atoms with Crippen LogP contribution in [-0.4, -0.2) is 43.4 Å². The summed E-state index contributed by atoms with van der Waals surface area (Å²) in [6.45, 7) is 1.16. The molecule has 2 aromatic carbocycles. The van der Waals surface area contributed by atoms with E-state index in [1.165, 1.54) is 0 Å². The minimum atomic E-state index is -0.234. The normalized spacial score (nSPS) is 12.1. The molecule has 0 aliphatic rings. The van der Waals surface area contributed by atoms with E-state index in [9.17, 15) is 4.79 Å². The van der Waals surface area contributed by atoms with Gasteiger partial charge in [-0.3, -0.25) is 4.79 Å². The molecule has 0 aliphatic carbocycles. The molecule has 0 N–H and O–H groups in total. The molecule has 0 aromatic heterocycles. The molecule has 2 aromatic rings. The Morgan fingerprint density at radius 3 is 2.26 bits per heavy atom. The van der Waals surface area contributed by atoms with Gasteiger partial charge in [0.2, 0.25) is 0 Å². The maximum atomic E-state index is 12.5. The molecule has 2 rings (SSSR count). The summed E-state index contributed by atoms with van der Waals surface area (Å²) < 4.78 is 5.46. The third-order valence-electron chi connectivity index (χ3n) is 3.33. The van der Waals surface area contributed by atoms with Crippen LogP contribution in [0, 0.1) is 0 Å². The molecule has 0 spiro atoms. The van der Waals surface area contributed by atoms with Crippen molar-refractivity contribution in [2.75, 3.05) is 27.2 Å². The first-order chi connectivity index (χ1) is 11.1. The van der Waals surface area contributed by atoms with E-state index in [-0.39, 0.29) is 11.2 Å². The number of nitrogens with zero attached hydrogens (tertiary/aromatic N) is 1. The summed E-state index contributed by atoms with van der Waals surface area (Å²) >= 11 is 1.56. The van der Waals surface area contributed by atoms with E-state index in [1.54, 1.807) is 11.8 Å². The summed E-state index contributed by atoms with van der Waals surface area (Å²) in [6.07, 6.45) is 0.668. The van der Waals surface area contributed by atoms with Crippen molar-refractivity contribution in [1.82, 2.24) is 4.90 Å². The molecule has 0 amide bonds. The molecule has 0 radical (unpaired) electrons. The lowest BCUT2D eigenvalue weighted by Crippen LogP contribution is -2.26. The number of esters is 1. The Morgan fingerprint density at radius 1 is 1.04 bits per heavy atom. The highest BCUT2D eigenvalue weighted by atomic mass is 32.2. The standard InChI is InChI=1S/C19H23NO2S/c1-20(2)13-14-22-19(21)18(15-16-9-5-3-6-10-16)23-17-11-7-4-8-12-17/h3-12,18H,13-15H2,1-2H3. The molecule has 4 heteroatoms. The Hall–Kier alpha value is -1.78. The van der Waals surface area contributed by atoms with Crippen LogP contribution in [0.15, 0.2) is 65.6 Å². The van der Waals surface area contributed by atoms with Crippen molar-refractivity contribution in [2.24, 2.45) is 0 Å². The van der Waals surface area contributed by atoms with Gasteiger partial charge in [0.05, 0.1) is 0 Å². The molecule has 0 bridgehead atoms. The van der Waals surface area contributed by atoms with Crippen molar-refractivity contribution in [1.29, 1.82) is 0 Å². The summed E-state index contributed by atoms with van der Waals surface area (Å²) in [5.41, 5.74) is 1.14. The van der Waals surface area contributed by atoms with Crippen LogP contribution in [0.2, 0.25) is 0 Å². The zero-order chi connectivity index (χ0) is 16.5. The second-order valence-electron chi connectivity index (χ2n) is 5.58. The number of hydrogen-bond donors (Lipinski definition) is 0. The number of carbonyl (C=O) groups is 1. The highest BCUT2D eigenvalue weighted by molar-refractivity contribution is 8.00. The molecule has 0 saturated carbocycles. The Bertz CT molecular complexity index is 545. The molecule has 0 fully saturated rings. The van der Waals surface area contributed by atoms with Gasteiger partial charge in [0.25, 0.3) is 0 Å². The highest BCUT2D eigenvalue weighted by Crippen LogP contribution is 2.26. The second kappa shape index (κ2) is 9.38. The largest absolute Gasteiger partial charge is 0.463 e. The molecule has 3 nitrogen and oxygen atoms in total. The van der Waals surface area contributed by atoms with Crippen LogP contribution in [-0.2, 0) is 16.0 Å². The Kier molecular flexibility index (Phi) is 7.17. The smallest absolute Gasteiger partial charge is 0.319 e. The fourth-order valence-electron chi connectivity index (χ4n) is 2.09. The number of ether oxygens (including phenoxy) is 1. The number of likely N-dealkylation sites (N-methyl/N-ethyl adjacent to an activating group) is 1. The molecule has 1 unspecified atom stereocenters. The van der Waals surface area contributed by atoms with Crippen LogP contribution in [0.5, 0.6) is 0 Å². The van der Waals surface area contributed by atoms with Gasteiger partial charge in [0.1, 0.15) is 11.9 Å². The van der Waals surface area contributed by atoms with E-state index in [1.807, 2.05) is 79.7 Å². The first-order valence-electron chi connectivity index (χ1n) is 7.72. The van der Waals surface area contributed by atoms with Gasteiger partial charge in [-0.25, -0.2) is 0 Å². The topological polar surface area (TPSA) is 29.5 Å². The lowest BCUT2D eigenvalue weighted by Gasteiger charge is -2.17. The molecular formula is C19H23NO2S. The van der Waals surface area contributed by atoms with Crippen LogP contribution in [0.25, 0.3) is 0 Å². The Balaban J connectivity index is 2.02. The number of carbonyl (C=O) groups excluding carboxylic acids is 1. The molecule has 0 aliphatic heterocycles. The second-order valence-corrected chi connectivity index (χ2v) is 6.86. The minimum Gasteiger partial charge on any atom is -0.463 e. The molecular weight excluding hydrogens is 306 g/mol. The van der Waals surface area contributed by atoms with Crippen molar-refractivity contribution >= 4 is 17.7 Å². The summed E-state index contributed by atoms with van der Waals surface area (Å²) in [4.78, 5) is 15.6. The summed E-state index contributed by atoms with van der Waals surface area (Å²) in [7, 11) is 3.93. The fraction of sp³-hybridized carbons (Fsp3) is 0.316. The first kappa shape index (κ1) is 17.6. The third kappa shape index (κ3) is 6.47. The Labute approximate surface area is 142 Å². The lowest BCUT2D eigenvalue weighted by atomic mass is 10.1. The van der Waals surface area contributed by atoms with E-state index < -0.39 is 0 Å². The van der Waals surface area contributed by atoms with Gasteiger partial charge in [0, 0.05) is 11.4 Å². The van der Waals surface area contributed by atoms with E-state index in [0.29, 0.717) is 13.0 Å². The van der Waals surface area contributed by atoms with Crippen LogP contribution >= 0.6 is 11.8 Å². The van der Waals surface area contributed by atoms with Crippen LogP contribution in [0.3, 0.4) is 0 Å². The molecule has 0 heterocycles. The van der Waals surface area contributed by atoms with Gasteiger partial charge in [-0.15, -0.1) is 11.8 Å². The van der Waals surface area contributed by atoms with E-state index in [4.69, 9.17) is 4.74 Å². The van der Waals surface area contributed by atoms with Gasteiger partial charge in [0.15, 0.2) is 0 Å². The quantitative estimate of drug-likeness (QED) is 0.548. The monoisotopic (exact) mass is 329 g/mol. The molecule has 1 atom stereocenters. The third-order valence-corrected chi connectivity index (χ3v) is 4.52. The highest BCUT2D eigenvalue weighted by Gasteiger charge is 2.22. The summed E-state index contributed by atoms with van der Waals surface area (Å²) in [5.74, 6) is -0.149. The average Bonchev–Trinajstić information content (AvgIpc) is 2.56. The van der Waals surface area contributed by atoms with Gasteiger partial charge >= 0.3 is 5.97 Å². The average molecular weight is 329 g/mol. The van der Waals surface area contributed by atoms with Gasteiger partial charge in [-0.1, -0.05) is 48.5 Å². The van der Waals surface area contributed by atoms with E-state index in [2.05, 4.69) is 0 Å². The van der Waals surface area contributed by atoms with Gasteiger partial charge in [-0.05, 0) is 38.2 Å². The van der Waals surface area contributed by atoms with Crippen molar-refractivity contribution in [3.8, 4) is 0 Å². The summed E-state index contributed by atoms with van der Waals surface area (Å²) in [6, 6.07) is 20.1. The predicted molar refractivity (Wildman–Crippen MR) is 95.7 cm³/mol. The van der Waals surface area contributed by atoms with Crippen molar-refractivity contribution in [3.63, 3.8) is 0 Å². The lowest BCUT2D eigenvalue weighted by molar-refractivity contribution is -0.143. The van der Waals surface area contributed by atoms with Gasteiger partial charge < -0.3 is 9.64 Å². The minimum absolute atomic E-state index is 0.149. The maximum Gasteiger partial charge on any atom is 0.319 e. The number of benzene rings is 2. The molecule has 0 saturated heterocycles. The molecule has 23 heavy (non-hydrogen) atoms. The number of hydrogen-bond acceptors (Lipinski definition) is 4. The van der Waals surface area contributed by atoms with E-state index in [0.717, 1.165) is 17.0 Å². The summed E-state index contributed by atoms with van der Waals surface area (Å²) in [5, 5.41) is -0.234. The fourth-order valence-corrected chi connectivity index (χ4v) is 3.17. The van der Waals surface area contributed by atoms with Crippen molar-refractivity contribution in [2.45, 2.75) is 16.6 Å². The van der Waals surface area contributed by atoms with E-state index >= 15 is 0 Å². The van der Waals surface area contributed by atoms with Crippen molar-refractivity contribution < 1.29 is 9.53 Å². The predicted octanol–water partition coefficient (Wildman–Crippen LogP) is 3.49. The number of rotatable bonds is 8. The number of thioether (sulfide) groups is 1. The zero-order valence-electron chi connectivity index (χ0n) is 13.6. The van der Waals surface area contributed by atoms with Crippen LogP contribution < -0.4 is 0 Å².